The van der Waals surface area contributed by atoms with Gasteiger partial charge in [0, 0.05) is 28.5 Å². The molecule has 0 saturated carbocycles. The fourth-order valence-electron chi connectivity index (χ4n) is 1.64. The van der Waals surface area contributed by atoms with Crippen LogP contribution in [0.5, 0.6) is 0 Å². The molecule has 1 fully saturated rings. The van der Waals surface area contributed by atoms with Gasteiger partial charge in [-0.1, -0.05) is 31.6 Å². The van der Waals surface area contributed by atoms with Crippen molar-refractivity contribution in [2.45, 2.75) is 26.1 Å². The molecule has 3 nitrogen and oxygen atoms in total. The summed E-state index contributed by atoms with van der Waals surface area (Å²) in [5.41, 5.74) is 4.54. The van der Waals surface area contributed by atoms with E-state index in [0.717, 1.165) is 0 Å². The van der Waals surface area contributed by atoms with Gasteiger partial charge in [0.2, 0.25) is 0 Å². The molecule has 19 heavy (non-hydrogen) atoms. The summed E-state index contributed by atoms with van der Waals surface area (Å²) < 4.78 is 21.9. The lowest BCUT2D eigenvalue weighted by Gasteiger charge is -2.26. The van der Waals surface area contributed by atoms with E-state index in [-0.39, 0.29) is 0 Å². The molecule has 1 aliphatic heterocycles. The van der Waals surface area contributed by atoms with Gasteiger partial charge in [0.05, 0.1) is 13.2 Å². The molecule has 0 aliphatic carbocycles. The van der Waals surface area contributed by atoms with E-state index in [1.807, 2.05) is 0 Å². The number of ether oxygens (including phenoxy) is 1. The van der Waals surface area contributed by atoms with E-state index >= 15 is 0 Å². The number of rotatable bonds is 2. The van der Waals surface area contributed by atoms with Crippen LogP contribution in [0, 0.1) is 11.5 Å². The summed E-state index contributed by atoms with van der Waals surface area (Å²) >= 11 is 0. The SMILES string of the molecule is [2H]C([2H])(c1ccc(C#C[Si](C)(C)C)nc1)N1CCOCC1. The van der Waals surface area contributed by atoms with Crippen molar-refractivity contribution in [2.75, 3.05) is 26.3 Å². The molecule has 102 valence electrons. The largest absolute Gasteiger partial charge is 0.379 e. The van der Waals surface area contributed by atoms with Gasteiger partial charge in [0.1, 0.15) is 13.8 Å². The summed E-state index contributed by atoms with van der Waals surface area (Å²) in [6.45, 7) is 7.40. The Morgan fingerprint density at radius 3 is 2.68 bits per heavy atom. The molecular weight excluding hydrogens is 252 g/mol. The van der Waals surface area contributed by atoms with Gasteiger partial charge in [-0.2, -0.15) is 0 Å². The van der Waals surface area contributed by atoms with E-state index in [1.54, 1.807) is 23.2 Å². The lowest BCUT2D eigenvalue weighted by atomic mass is 10.2. The molecule has 1 aliphatic rings. The highest BCUT2D eigenvalue weighted by atomic mass is 28.3. The van der Waals surface area contributed by atoms with Crippen molar-refractivity contribution in [3.63, 3.8) is 0 Å². The van der Waals surface area contributed by atoms with Crippen molar-refractivity contribution in [1.82, 2.24) is 9.88 Å². The molecule has 1 aromatic rings. The minimum atomic E-state index is -1.51. The first kappa shape index (κ1) is 11.7. The number of hydrogen-bond donors (Lipinski definition) is 0. The van der Waals surface area contributed by atoms with Gasteiger partial charge in [-0.05, 0) is 11.6 Å². The second-order valence-corrected chi connectivity index (χ2v) is 10.4. The molecule has 0 amide bonds. The number of hydrogen-bond acceptors (Lipinski definition) is 3. The molecule has 0 bridgehead atoms. The Bertz CT molecular complexity index is 538. The zero-order valence-electron chi connectivity index (χ0n) is 13.9. The first-order valence-corrected chi connectivity index (χ1v) is 10.1. The number of nitrogens with zero attached hydrogens (tertiary/aromatic N) is 2. The van der Waals surface area contributed by atoms with Gasteiger partial charge in [0.25, 0.3) is 0 Å². The van der Waals surface area contributed by atoms with Crippen LogP contribution in [0.25, 0.3) is 0 Å². The molecule has 2 heterocycles. The number of aromatic nitrogens is 1. The van der Waals surface area contributed by atoms with E-state index < -0.39 is 14.6 Å². The Labute approximate surface area is 119 Å². The Balaban J connectivity index is 2.15. The summed E-state index contributed by atoms with van der Waals surface area (Å²) in [6.07, 6.45) is 1.60. The van der Waals surface area contributed by atoms with Crippen molar-refractivity contribution in [3.05, 3.63) is 29.6 Å². The zero-order chi connectivity index (χ0) is 15.5. The third kappa shape index (κ3) is 5.15. The van der Waals surface area contributed by atoms with Crippen LogP contribution in [0.2, 0.25) is 19.6 Å². The van der Waals surface area contributed by atoms with Crippen LogP contribution in [0.15, 0.2) is 18.3 Å². The highest BCUT2D eigenvalue weighted by Crippen LogP contribution is 2.07. The quantitative estimate of drug-likeness (QED) is 0.611. The molecule has 0 radical (unpaired) electrons. The molecule has 0 atom stereocenters. The van der Waals surface area contributed by atoms with Crippen LogP contribution in [0.4, 0.5) is 0 Å². The van der Waals surface area contributed by atoms with Gasteiger partial charge < -0.3 is 4.74 Å². The van der Waals surface area contributed by atoms with Crippen LogP contribution in [0.3, 0.4) is 0 Å². The van der Waals surface area contributed by atoms with Crippen molar-refractivity contribution >= 4 is 8.07 Å². The Morgan fingerprint density at radius 1 is 1.37 bits per heavy atom. The fraction of sp³-hybridized carbons (Fsp3) is 0.533. The van der Waals surface area contributed by atoms with Gasteiger partial charge in [-0.25, -0.2) is 4.98 Å². The third-order valence-corrected chi connectivity index (χ3v) is 3.50. The van der Waals surface area contributed by atoms with Crippen LogP contribution >= 0.6 is 0 Å². The second-order valence-electron chi connectivity index (χ2n) is 5.64. The summed E-state index contributed by atoms with van der Waals surface area (Å²) in [5.74, 6) is 3.09. The van der Waals surface area contributed by atoms with Crippen LogP contribution in [-0.2, 0) is 11.2 Å². The highest BCUT2D eigenvalue weighted by Gasteiger charge is 2.11. The maximum Gasteiger partial charge on any atom is 0.129 e. The van der Waals surface area contributed by atoms with Crippen molar-refractivity contribution in [3.8, 4) is 11.5 Å². The first-order valence-electron chi connectivity index (χ1n) is 7.61. The Kier molecular flexibility index (Phi) is 3.88. The van der Waals surface area contributed by atoms with E-state index in [0.29, 0.717) is 37.6 Å². The summed E-state index contributed by atoms with van der Waals surface area (Å²) in [4.78, 5) is 6.09. The summed E-state index contributed by atoms with van der Waals surface area (Å²) in [7, 11) is -1.41. The summed E-state index contributed by atoms with van der Waals surface area (Å²) in [5, 5.41) is 0. The van der Waals surface area contributed by atoms with Crippen molar-refractivity contribution in [1.29, 1.82) is 0 Å². The van der Waals surface area contributed by atoms with Crippen LogP contribution < -0.4 is 0 Å². The minimum absolute atomic E-state index is 0.572. The smallest absolute Gasteiger partial charge is 0.129 e. The molecule has 0 spiro atoms. The second kappa shape index (κ2) is 6.33. The highest BCUT2D eigenvalue weighted by molar-refractivity contribution is 6.83. The van der Waals surface area contributed by atoms with E-state index in [4.69, 9.17) is 7.48 Å². The van der Waals surface area contributed by atoms with Gasteiger partial charge in [-0.15, -0.1) is 5.54 Å². The van der Waals surface area contributed by atoms with Gasteiger partial charge in [-0.3, -0.25) is 4.90 Å². The van der Waals surface area contributed by atoms with Crippen LogP contribution in [-0.4, -0.2) is 44.3 Å². The third-order valence-electron chi connectivity index (χ3n) is 2.63. The maximum absolute atomic E-state index is 8.30. The number of pyridine rings is 1. The van der Waals surface area contributed by atoms with Gasteiger partial charge >= 0.3 is 0 Å². The molecule has 1 saturated heterocycles. The fourth-order valence-corrected chi connectivity index (χ4v) is 2.15. The molecule has 1 aromatic heterocycles. The predicted octanol–water partition coefficient (Wildman–Crippen LogP) is 2.14. The van der Waals surface area contributed by atoms with Crippen molar-refractivity contribution in [2.24, 2.45) is 0 Å². The normalized spacial score (nSPS) is 19.1. The monoisotopic (exact) mass is 276 g/mol. The molecule has 0 unspecified atom stereocenters. The number of morpholine rings is 1. The van der Waals surface area contributed by atoms with Crippen LogP contribution in [0.1, 0.15) is 14.0 Å². The molecule has 0 N–H and O–H groups in total. The zero-order valence-corrected chi connectivity index (χ0v) is 12.9. The lowest BCUT2D eigenvalue weighted by Crippen LogP contribution is -2.35. The topological polar surface area (TPSA) is 25.4 Å². The van der Waals surface area contributed by atoms with E-state index in [2.05, 4.69) is 36.1 Å². The van der Waals surface area contributed by atoms with Gasteiger partial charge in [0.15, 0.2) is 0 Å². The maximum atomic E-state index is 8.30. The summed E-state index contributed by atoms with van der Waals surface area (Å²) in [6, 6.07) is 3.59. The average Bonchev–Trinajstić information content (AvgIpc) is 2.46. The minimum Gasteiger partial charge on any atom is -0.379 e. The Hall–Kier alpha value is -1.15. The predicted molar refractivity (Wildman–Crippen MR) is 80.6 cm³/mol. The average molecular weight is 276 g/mol. The molecular formula is C15H22N2OSi. The lowest BCUT2D eigenvalue weighted by molar-refractivity contribution is 0.0341. The molecule has 4 heteroatoms. The Morgan fingerprint density at radius 2 is 2.11 bits per heavy atom. The van der Waals surface area contributed by atoms with E-state index in [1.165, 1.54) is 0 Å². The van der Waals surface area contributed by atoms with E-state index in [9.17, 15) is 0 Å². The van der Waals surface area contributed by atoms with Crippen molar-refractivity contribution < 1.29 is 7.48 Å². The standard InChI is InChI=1S/C15H22N2OSi/c1-19(2,3)11-6-15-5-4-14(12-16-15)13-17-7-9-18-10-8-17/h4-5,12H,7-10,13H2,1-3H3/i13D2. The first-order chi connectivity index (χ1) is 9.79. The molecule has 0 aromatic carbocycles. The molecule has 2 rings (SSSR count).